The van der Waals surface area contributed by atoms with Crippen molar-refractivity contribution in [1.29, 1.82) is 0 Å². The van der Waals surface area contributed by atoms with Crippen molar-refractivity contribution in [3.63, 3.8) is 0 Å². The van der Waals surface area contributed by atoms with Crippen molar-refractivity contribution in [2.24, 2.45) is 5.92 Å². The molecule has 0 spiro atoms. The lowest BCUT2D eigenvalue weighted by molar-refractivity contribution is 0.0527. The third kappa shape index (κ3) is 5.27. The zero-order chi connectivity index (χ0) is 15.8. The number of nitrogens with one attached hydrogen (secondary N) is 1. The van der Waals surface area contributed by atoms with E-state index in [9.17, 15) is 4.79 Å². The van der Waals surface area contributed by atoms with Crippen molar-refractivity contribution < 1.29 is 14.3 Å². The Bertz CT molecular complexity index is 461. The van der Waals surface area contributed by atoms with Gasteiger partial charge in [0.15, 0.2) is 0 Å². The lowest BCUT2D eigenvalue weighted by Crippen LogP contribution is -2.31. The van der Waals surface area contributed by atoms with Crippen LogP contribution in [0.4, 0.5) is 11.4 Å². The molecule has 3 N–H and O–H groups in total. The average Bonchev–Trinajstić information content (AvgIpc) is 2.44. The Morgan fingerprint density at radius 2 is 2.00 bits per heavy atom. The van der Waals surface area contributed by atoms with Crippen LogP contribution >= 0.6 is 0 Å². The average molecular weight is 294 g/mol. The summed E-state index contributed by atoms with van der Waals surface area (Å²) in [4.78, 5) is 12.0. The summed E-state index contributed by atoms with van der Waals surface area (Å²) in [5, 5.41) is 3.37. The molecule has 0 saturated carbocycles. The highest BCUT2D eigenvalue weighted by Gasteiger charge is 2.18. The van der Waals surface area contributed by atoms with E-state index < -0.39 is 0 Å². The standard InChI is InChI=1S/C16H26N2O3/c1-5-20-10-15(11(3)4)18-14-8-7-12(17)9-13(14)16(19)21-6-2/h7-9,11,15,18H,5-6,10,17H2,1-4H3. The van der Waals surface area contributed by atoms with E-state index in [0.29, 0.717) is 37.0 Å². The number of benzene rings is 1. The van der Waals surface area contributed by atoms with Gasteiger partial charge in [-0.1, -0.05) is 13.8 Å². The van der Waals surface area contributed by atoms with Crippen LogP contribution in [0.15, 0.2) is 18.2 Å². The van der Waals surface area contributed by atoms with Crippen LogP contribution in [-0.2, 0) is 9.47 Å². The first-order valence-electron chi connectivity index (χ1n) is 7.40. The Balaban J connectivity index is 2.96. The molecule has 0 amide bonds. The van der Waals surface area contributed by atoms with Crippen molar-refractivity contribution in [3.05, 3.63) is 23.8 Å². The number of ether oxygens (including phenoxy) is 2. The summed E-state index contributed by atoms with van der Waals surface area (Å²) in [6.45, 7) is 9.54. The molecule has 0 aromatic heterocycles. The van der Waals surface area contributed by atoms with E-state index in [2.05, 4.69) is 19.2 Å². The first-order chi connectivity index (χ1) is 9.99. The molecule has 0 radical (unpaired) electrons. The van der Waals surface area contributed by atoms with Gasteiger partial charge in [-0.25, -0.2) is 4.79 Å². The highest BCUT2D eigenvalue weighted by atomic mass is 16.5. The molecule has 0 bridgehead atoms. The number of nitrogen functional groups attached to an aromatic ring is 1. The Labute approximate surface area is 126 Å². The van der Waals surface area contributed by atoms with Crippen LogP contribution < -0.4 is 11.1 Å². The van der Waals surface area contributed by atoms with Crippen LogP contribution in [0.2, 0.25) is 0 Å². The molecule has 0 fully saturated rings. The van der Waals surface area contributed by atoms with Crippen LogP contribution in [0.25, 0.3) is 0 Å². The predicted octanol–water partition coefficient (Wildman–Crippen LogP) is 2.92. The van der Waals surface area contributed by atoms with Gasteiger partial charge in [0.05, 0.1) is 24.8 Å². The molecule has 0 aliphatic heterocycles. The first-order valence-corrected chi connectivity index (χ1v) is 7.40. The minimum absolute atomic E-state index is 0.113. The zero-order valence-electron chi connectivity index (χ0n) is 13.3. The molecule has 5 heteroatoms. The molecule has 1 atom stereocenters. The normalized spacial score (nSPS) is 12.2. The van der Waals surface area contributed by atoms with E-state index in [-0.39, 0.29) is 12.0 Å². The quantitative estimate of drug-likeness (QED) is 0.569. The third-order valence-electron chi connectivity index (χ3n) is 3.19. The SMILES string of the molecule is CCOCC(Nc1ccc(N)cc1C(=O)OCC)C(C)C. The Hall–Kier alpha value is -1.75. The second-order valence-corrected chi connectivity index (χ2v) is 5.18. The summed E-state index contributed by atoms with van der Waals surface area (Å²) in [5.41, 5.74) is 7.49. The number of esters is 1. The van der Waals surface area contributed by atoms with Crippen molar-refractivity contribution in [2.45, 2.75) is 33.7 Å². The molecule has 118 valence electrons. The third-order valence-corrected chi connectivity index (χ3v) is 3.19. The van der Waals surface area contributed by atoms with E-state index >= 15 is 0 Å². The van der Waals surface area contributed by atoms with Crippen molar-refractivity contribution in [1.82, 2.24) is 0 Å². The number of anilines is 2. The fourth-order valence-corrected chi connectivity index (χ4v) is 1.91. The van der Waals surface area contributed by atoms with E-state index in [1.807, 2.05) is 13.0 Å². The molecule has 1 rings (SSSR count). The van der Waals surface area contributed by atoms with Gasteiger partial charge in [0.1, 0.15) is 0 Å². The maximum absolute atomic E-state index is 12.0. The first kappa shape index (κ1) is 17.3. The lowest BCUT2D eigenvalue weighted by Gasteiger charge is -2.24. The molecule has 1 unspecified atom stereocenters. The molecule has 0 saturated heterocycles. The van der Waals surface area contributed by atoms with E-state index in [0.717, 1.165) is 5.69 Å². The summed E-state index contributed by atoms with van der Waals surface area (Å²) in [6.07, 6.45) is 0. The number of rotatable bonds is 8. The molecule has 0 heterocycles. The zero-order valence-corrected chi connectivity index (χ0v) is 13.3. The number of hydrogen-bond acceptors (Lipinski definition) is 5. The van der Waals surface area contributed by atoms with Crippen LogP contribution in [-0.4, -0.2) is 31.8 Å². The Kier molecular flexibility index (Phi) is 7.02. The van der Waals surface area contributed by atoms with Crippen molar-refractivity contribution in [3.8, 4) is 0 Å². The second-order valence-electron chi connectivity index (χ2n) is 5.18. The lowest BCUT2D eigenvalue weighted by atomic mass is 10.0. The summed E-state index contributed by atoms with van der Waals surface area (Å²) < 4.78 is 10.6. The number of nitrogens with two attached hydrogens (primary N) is 1. The van der Waals surface area contributed by atoms with Gasteiger partial charge in [-0.2, -0.15) is 0 Å². The summed E-state index contributed by atoms with van der Waals surface area (Å²) in [7, 11) is 0. The molecule has 21 heavy (non-hydrogen) atoms. The highest BCUT2D eigenvalue weighted by Crippen LogP contribution is 2.22. The monoisotopic (exact) mass is 294 g/mol. The van der Waals surface area contributed by atoms with Gasteiger partial charge in [0, 0.05) is 18.0 Å². The van der Waals surface area contributed by atoms with Gasteiger partial charge in [0.25, 0.3) is 0 Å². The molecular weight excluding hydrogens is 268 g/mol. The van der Waals surface area contributed by atoms with Gasteiger partial charge in [0.2, 0.25) is 0 Å². The van der Waals surface area contributed by atoms with Gasteiger partial charge in [-0.15, -0.1) is 0 Å². The minimum Gasteiger partial charge on any atom is -0.462 e. The molecule has 0 aliphatic carbocycles. The number of carbonyl (C=O) groups excluding carboxylic acids is 1. The smallest absolute Gasteiger partial charge is 0.340 e. The fourth-order valence-electron chi connectivity index (χ4n) is 1.91. The van der Waals surface area contributed by atoms with Gasteiger partial charge in [-0.05, 0) is 38.0 Å². The summed E-state index contributed by atoms with van der Waals surface area (Å²) in [5.74, 6) is -0.00429. The van der Waals surface area contributed by atoms with Crippen LogP contribution in [0.5, 0.6) is 0 Å². The number of hydrogen-bond donors (Lipinski definition) is 2. The van der Waals surface area contributed by atoms with Gasteiger partial charge >= 0.3 is 5.97 Å². The molecule has 5 nitrogen and oxygen atoms in total. The van der Waals surface area contributed by atoms with Crippen LogP contribution in [0.3, 0.4) is 0 Å². The van der Waals surface area contributed by atoms with Crippen molar-refractivity contribution in [2.75, 3.05) is 30.9 Å². The Morgan fingerprint density at radius 1 is 1.29 bits per heavy atom. The predicted molar refractivity (Wildman–Crippen MR) is 85.6 cm³/mol. The van der Waals surface area contributed by atoms with Crippen LogP contribution in [0, 0.1) is 5.92 Å². The van der Waals surface area contributed by atoms with Crippen LogP contribution in [0.1, 0.15) is 38.1 Å². The molecular formula is C16H26N2O3. The minimum atomic E-state index is -0.369. The van der Waals surface area contributed by atoms with E-state index in [4.69, 9.17) is 15.2 Å². The molecule has 1 aromatic carbocycles. The molecule has 0 aliphatic rings. The van der Waals surface area contributed by atoms with Crippen molar-refractivity contribution >= 4 is 17.3 Å². The second kappa shape index (κ2) is 8.52. The van der Waals surface area contributed by atoms with Gasteiger partial charge in [-0.3, -0.25) is 0 Å². The maximum atomic E-state index is 12.0. The maximum Gasteiger partial charge on any atom is 0.340 e. The van der Waals surface area contributed by atoms with Gasteiger partial charge < -0.3 is 20.5 Å². The topological polar surface area (TPSA) is 73.6 Å². The summed E-state index contributed by atoms with van der Waals surface area (Å²) >= 11 is 0. The fraction of sp³-hybridized carbons (Fsp3) is 0.562. The van der Waals surface area contributed by atoms with E-state index in [1.165, 1.54) is 0 Å². The van der Waals surface area contributed by atoms with E-state index in [1.54, 1.807) is 19.1 Å². The summed E-state index contributed by atoms with van der Waals surface area (Å²) in [6, 6.07) is 5.33. The molecule has 1 aromatic rings. The largest absolute Gasteiger partial charge is 0.462 e. The highest BCUT2D eigenvalue weighted by molar-refractivity contribution is 5.96. The Morgan fingerprint density at radius 3 is 2.57 bits per heavy atom. The number of carbonyl (C=O) groups is 1.